The first-order valence-corrected chi connectivity index (χ1v) is 7.01. The summed E-state index contributed by atoms with van der Waals surface area (Å²) in [7, 11) is 3.74. The minimum Gasteiger partial charge on any atom is -0.389 e. The zero-order valence-corrected chi connectivity index (χ0v) is 12.5. The fourth-order valence-corrected chi connectivity index (χ4v) is 2.80. The molecule has 1 fully saturated rings. The molecule has 1 aliphatic rings. The Morgan fingerprint density at radius 3 is 2.50 bits per heavy atom. The van der Waals surface area contributed by atoms with E-state index in [9.17, 15) is 8.78 Å². The fourth-order valence-electron chi connectivity index (χ4n) is 2.68. The summed E-state index contributed by atoms with van der Waals surface area (Å²) in [6.45, 7) is 1.82. The van der Waals surface area contributed by atoms with Crippen LogP contribution < -0.4 is 10.6 Å². The maximum atomic E-state index is 14.2. The van der Waals surface area contributed by atoms with Crippen LogP contribution >= 0.6 is 12.2 Å². The van der Waals surface area contributed by atoms with Gasteiger partial charge in [0.05, 0.1) is 0 Å². The SMILES string of the molecule is CN1CCCC(N(C)c2c(F)cc(C(N)=S)cc2F)C1. The highest BCUT2D eigenvalue weighted by atomic mass is 32.1. The number of rotatable bonds is 3. The second-order valence-electron chi connectivity index (χ2n) is 5.32. The molecule has 0 bridgehead atoms. The van der Waals surface area contributed by atoms with Crippen molar-refractivity contribution in [2.45, 2.75) is 18.9 Å². The lowest BCUT2D eigenvalue weighted by Crippen LogP contribution is -2.45. The van der Waals surface area contributed by atoms with Crippen LogP contribution in [-0.4, -0.2) is 43.1 Å². The molecule has 1 heterocycles. The average Bonchev–Trinajstić information content (AvgIpc) is 2.37. The lowest BCUT2D eigenvalue weighted by atomic mass is 10.0. The Hall–Kier alpha value is -1.27. The van der Waals surface area contributed by atoms with Crippen LogP contribution in [0.4, 0.5) is 14.5 Å². The van der Waals surface area contributed by atoms with Crippen molar-refractivity contribution in [3.63, 3.8) is 0 Å². The van der Waals surface area contributed by atoms with Crippen molar-refractivity contribution in [3.05, 3.63) is 29.3 Å². The average molecular weight is 299 g/mol. The van der Waals surface area contributed by atoms with Gasteiger partial charge in [0.1, 0.15) is 22.3 Å². The molecule has 0 amide bonds. The predicted molar refractivity (Wildman–Crippen MR) is 81.2 cm³/mol. The van der Waals surface area contributed by atoms with Crippen molar-refractivity contribution >= 4 is 22.9 Å². The van der Waals surface area contributed by atoms with Gasteiger partial charge < -0.3 is 15.5 Å². The number of benzene rings is 1. The van der Waals surface area contributed by atoms with E-state index in [-0.39, 0.29) is 22.3 Å². The molecule has 1 aliphatic heterocycles. The highest BCUT2D eigenvalue weighted by molar-refractivity contribution is 7.80. The minimum absolute atomic E-state index is 0.00518. The molecule has 110 valence electrons. The number of likely N-dealkylation sites (N-methyl/N-ethyl adjacent to an activating group) is 2. The Kier molecular flexibility index (Phi) is 4.55. The number of thiocarbonyl (C=S) groups is 1. The maximum absolute atomic E-state index is 14.2. The van der Waals surface area contributed by atoms with Crippen LogP contribution in [0.3, 0.4) is 0 Å². The van der Waals surface area contributed by atoms with Crippen LogP contribution in [-0.2, 0) is 0 Å². The summed E-state index contributed by atoms with van der Waals surface area (Å²) in [5, 5.41) is 0. The summed E-state index contributed by atoms with van der Waals surface area (Å²) < 4.78 is 28.3. The summed E-state index contributed by atoms with van der Waals surface area (Å²) in [6, 6.07) is 2.50. The molecule has 1 saturated heterocycles. The number of hydrogen-bond donors (Lipinski definition) is 1. The van der Waals surface area contributed by atoms with Crippen LogP contribution in [0.5, 0.6) is 0 Å². The molecule has 2 N–H and O–H groups in total. The van der Waals surface area contributed by atoms with Crippen molar-refractivity contribution in [1.29, 1.82) is 0 Å². The van der Waals surface area contributed by atoms with E-state index < -0.39 is 11.6 Å². The summed E-state index contributed by atoms with van der Waals surface area (Å²) in [4.78, 5) is 3.85. The molecule has 3 nitrogen and oxygen atoms in total. The highest BCUT2D eigenvalue weighted by Gasteiger charge is 2.25. The molecule has 20 heavy (non-hydrogen) atoms. The van der Waals surface area contributed by atoms with Gasteiger partial charge in [0.2, 0.25) is 0 Å². The van der Waals surface area contributed by atoms with E-state index in [1.807, 2.05) is 7.05 Å². The van der Waals surface area contributed by atoms with Gasteiger partial charge in [-0.25, -0.2) is 8.78 Å². The maximum Gasteiger partial charge on any atom is 0.150 e. The second kappa shape index (κ2) is 6.01. The Balaban J connectivity index is 2.29. The Labute approximate surface area is 123 Å². The lowest BCUT2D eigenvalue weighted by molar-refractivity contribution is 0.247. The predicted octanol–water partition coefficient (Wildman–Crippen LogP) is 2.13. The first-order valence-electron chi connectivity index (χ1n) is 6.60. The molecule has 0 saturated carbocycles. The number of piperidine rings is 1. The first kappa shape index (κ1) is 15.1. The lowest BCUT2D eigenvalue weighted by Gasteiger charge is -2.37. The number of likely N-dealkylation sites (tertiary alicyclic amines) is 1. The molecule has 1 unspecified atom stereocenters. The van der Waals surface area contributed by atoms with Gasteiger partial charge in [0.25, 0.3) is 0 Å². The highest BCUT2D eigenvalue weighted by Crippen LogP contribution is 2.28. The van der Waals surface area contributed by atoms with E-state index in [1.54, 1.807) is 11.9 Å². The number of halogens is 2. The molecule has 0 radical (unpaired) electrons. The van der Waals surface area contributed by atoms with Gasteiger partial charge in [-0.2, -0.15) is 0 Å². The van der Waals surface area contributed by atoms with Gasteiger partial charge in [-0.1, -0.05) is 12.2 Å². The molecule has 2 rings (SSSR count). The van der Waals surface area contributed by atoms with E-state index in [0.29, 0.717) is 0 Å². The molecular weight excluding hydrogens is 280 g/mol. The molecule has 0 aromatic heterocycles. The Morgan fingerprint density at radius 2 is 2.00 bits per heavy atom. The number of hydrogen-bond acceptors (Lipinski definition) is 3. The number of nitrogens with zero attached hydrogens (tertiary/aromatic N) is 2. The summed E-state index contributed by atoms with van der Waals surface area (Å²) in [5.74, 6) is -1.24. The third-order valence-corrected chi connectivity index (χ3v) is 4.04. The topological polar surface area (TPSA) is 32.5 Å². The van der Waals surface area contributed by atoms with E-state index in [4.69, 9.17) is 18.0 Å². The van der Waals surface area contributed by atoms with Crippen LogP contribution in [0.25, 0.3) is 0 Å². The smallest absolute Gasteiger partial charge is 0.150 e. The largest absolute Gasteiger partial charge is 0.389 e. The number of anilines is 1. The third kappa shape index (κ3) is 3.07. The van der Waals surface area contributed by atoms with E-state index >= 15 is 0 Å². The van der Waals surface area contributed by atoms with Gasteiger partial charge >= 0.3 is 0 Å². The summed E-state index contributed by atoms with van der Waals surface area (Å²) in [5.41, 5.74) is 5.62. The molecule has 0 spiro atoms. The van der Waals surface area contributed by atoms with Gasteiger partial charge in [-0.3, -0.25) is 0 Å². The van der Waals surface area contributed by atoms with Gasteiger partial charge in [-0.15, -0.1) is 0 Å². The molecule has 6 heteroatoms. The zero-order chi connectivity index (χ0) is 14.9. The van der Waals surface area contributed by atoms with Crippen molar-refractivity contribution in [2.24, 2.45) is 5.73 Å². The molecular formula is C14H19F2N3S. The Morgan fingerprint density at radius 1 is 1.40 bits per heavy atom. The third-order valence-electron chi connectivity index (χ3n) is 3.80. The molecule has 1 aromatic rings. The van der Waals surface area contributed by atoms with Gasteiger partial charge in [0.15, 0.2) is 0 Å². The van der Waals surface area contributed by atoms with Crippen LogP contribution in [0.15, 0.2) is 12.1 Å². The van der Waals surface area contributed by atoms with E-state index in [1.165, 1.54) is 12.1 Å². The quantitative estimate of drug-likeness (QED) is 0.867. The van der Waals surface area contributed by atoms with Crippen molar-refractivity contribution in [2.75, 3.05) is 32.1 Å². The van der Waals surface area contributed by atoms with Crippen LogP contribution in [0, 0.1) is 11.6 Å². The Bertz CT molecular complexity index is 498. The zero-order valence-electron chi connectivity index (χ0n) is 11.7. The standard InChI is InChI=1S/C14H19F2N3S/c1-18-5-3-4-10(8-18)19(2)13-11(15)6-9(14(17)20)7-12(13)16/h6-7,10H,3-5,8H2,1-2H3,(H2,17,20). The molecule has 0 aliphatic carbocycles. The van der Waals surface area contributed by atoms with Crippen molar-refractivity contribution in [3.8, 4) is 0 Å². The van der Waals surface area contributed by atoms with Crippen molar-refractivity contribution < 1.29 is 8.78 Å². The summed E-state index contributed by atoms with van der Waals surface area (Å²) in [6.07, 6.45) is 1.95. The van der Waals surface area contributed by atoms with Gasteiger partial charge in [-0.05, 0) is 38.6 Å². The second-order valence-corrected chi connectivity index (χ2v) is 5.76. The number of nitrogens with two attached hydrogens (primary N) is 1. The van der Waals surface area contributed by atoms with Gasteiger partial charge in [0, 0.05) is 25.2 Å². The molecule has 1 atom stereocenters. The molecule has 1 aromatic carbocycles. The van der Waals surface area contributed by atoms with E-state index in [0.717, 1.165) is 25.9 Å². The summed E-state index contributed by atoms with van der Waals surface area (Å²) >= 11 is 4.76. The fraction of sp³-hybridized carbons (Fsp3) is 0.500. The minimum atomic E-state index is -0.622. The van der Waals surface area contributed by atoms with E-state index in [2.05, 4.69) is 4.90 Å². The van der Waals surface area contributed by atoms with Crippen molar-refractivity contribution in [1.82, 2.24) is 4.90 Å². The van der Waals surface area contributed by atoms with Crippen LogP contribution in [0.1, 0.15) is 18.4 Å². The first-order chi connectivity index (χ1) is 9.40. The normalized spacial score (nSPS) is 19.9. The van der Waals surface area contributed by atoms with Crippen LogP contribution in [0.2, 0.25) is 0 Å². The monoisotopic (exact) mass is 299 g/mol.